The minimum atomic E-state index is -3.92. The van der Waals surface area contributed by atoms with Crippen molar-refractivity contribution in [1.29, 1.82) is 0 Å². The van der Waals surface area contributed by atoms with Crippen LogP contribution < -0.4 is 14.9 Å². The van der Waals surface area contributed by atoms with Crippen LogP contribution in [0.4, 0.5) is 5.69 Å². The molecule has 0 radical (unpaired) electrons. The van der Waals surface area contributed by atoms with Crippen molar-refractivity contribution in [3.8, 4) is 5.75 Å². The minimum Gasteiger partial charge on any atom is -0.495 e. The van der Waals surface area contributed by atoms with E-state index in [9.17, 15) is 13.2 Å². The van der Waals surface area contributed by atoms with Gasteiger partial charge in [-0.25, -0.2) is 13.8 Å². The summed E-state index contributed by atoms with van der Waals surface area (Å²) in [6, 6.07) is 20.0. The Morgan fingerprint density at radius 1 is 1.00 bits per heavy atom. The molecule has 1 amide bonds. The first-order chi connectivity index (χ1) is 14.4. The Bertz CT molecular complexity index is 1190. The molecule has 2 N–H and O–H groups in total. The van der Waals surface area contributed by atoms with Crippen LogP contribution in [0.5, 0.6) is 5.75 Å². The molecule has 0 aromatic heterocycles. The lowest BCUT2D eigenvalue weighted by Crippen LogP contribution is -2.19. The topological polar surface area (TPSA) is 96.9 Å². The van der Waals surface area contributed by atoms with Crippen LogP contribution >= 0.6 is 0 Å². The van der Waals surface area contributed by atoms with Gasteiger partial charge in [0.1, 0.15) is 5.75 Å². The number of methoxy groups -OCH3 is 1. The van der Waals surface area contributed by atoms with Gasteiger partial charge in [0.2, 0.25) is 0 Å². The van der Waals surface area contributed by atoms with Gasteiger partial charge in [0.05, 0.1) is 23.9 Å². The number of hydrogen-bond donors (Lipinski definition) is 2. The minimum absolute atomic E-state index is 0.0521. The van der Waals surface area contributed by atoms with Gasteiger partial charge in [0.15, 0.2) is 0 Å². The number of benzene rings is 3. The van der Waals surface area contributed by atoms with Crippen molar-refractivity contribution in [2.75, 3.05) is 11.8 Å². The molecule has 3 aromatic rings. The van der Waals surface area contributed by atoms with E-state index in [1.165, 1.54) is 37.6 Å². The normalized spacial score (nSPS) is 11.3. The summed E-state index contributed by atoms with van der Waals surface area (Å²) in [4.78, 5) is 12.3. The average Bonchev–Trinajstić information content (AvgIpc) is 2.74. The second-order valence-electron chi connectivity index (χ2n) is 6.45. The number of carbonyl (C=O) groups is 1. The van der Waals surface area contributed by atoms with Gasteiger partial charge in [-0.1, -0.05) is 48.0 Å². The zero-order chi connectivity index (χ0) is 21.6. The number of amides is 1. The summed E-state index contributed by atoms with van der Waals surface area (Å²) in [7, 11) is -2.46. The summed E-state index contributed by atoms with van der Waals surface area (Å²) < 4.78 is 33.1. The van der Waals surface area contributed by atoms with E-state index in [1.54, 1.807) is 24.3 Å². The van der Waals surface area contributed by atoms with Crippen LogP contribution in [0.2, 0.25) is 0 Å². The molecule has 3 rings (SSSR count). The smallest absolute Gasteiger partial charge is 0.271 e. The fraction of sp³-hybridized carbons (Fsp3) is 0.0909. The zero-order valence-corrected chi connectivity index (χ0v) is 17.3. The molecular formula is C22H21N3O4S. The van der Waals surface area contributed by atoms with E-state index in [0.29, 0.717) is 11.4 Å². The van der Waals surface area contributed by atoms with E-state index in [-0.39, 0.29) is 10.5 Å². The number of sulfonamides is 1. The molecule has 0 bridgehead atoms. The molecule has 0 aliphatic rings. The molecule has 0 heterocycles. The molecule has 0 saturated carbocycles. The number of rotatable bonds is 7. The number of nitrogens with one attached hydrogen (secondary N) is 2. The van der Waals surface area contributed by atoms with E-state index in [2.05, 4.69) is 15.2 Å². The van der Waals surface area contributed by atoms with Crippen LogP contribution in [0.15, 0.2) is 82.8 Å². The predicted molar refractivity (Wildman–Crippen MR) is 116 cm³/mol. The summed E-state index contributed by atoms with van der Waals surface area (Å²) in [6.07, 6.45) is 1.52. The fourth-order valence-electron chi connectivity index (χ4n) is 2.72. The van der Waals surface area contributed by atoms with Crippen LogP contribution in [0, 0.1) is 6.92 Å². The van der Waals surface area contributed by atoms with E-state index in [0.717, 1.165) is 11.1 Å². The highest BCUT2D eigenvalue weighted by Gasteiger charge is 2.18. The molecular weight excluding hydrogens is 402 g/mol. The Balaban J connectivity index is 1.75. The van der Waals surface area contributed by atoms with Gasteiger partial charge in [0, 0.05) is 5.56 Å². The SMILES string of the molecule is COc1ccccc1NS(=O)(=O)c1cccc(C(=O)N/N=C/c2cccc(C)c2)c1. The fourth-order valence-corrected chi connectivity index (χ4v) is 3.83. The molecule has 8 heteroatoms. The monoisotopic (exact) mass is 423 g/mol. The van der Waals surface area contributed by atoms with Crippen LogP contribution in [-0.2, 0) is 10.0 Å². The molecule has 0 fully saturated rings. The summed E-state index contributed by atoms with van der Waals surface area (Å²) in [6.45, 7) is 1.96. The molecule has 0 unspecified atom stereocenters. The van der Waals surface area contributed by atoms with Crippen molar-refractivity contribution in [1.82, 2.24) is 5.43 Å². The van der Waals surface area contributed by atoms with Crippen molar-refractivity contribution < 1.29 is 17.9 Å². The summed E-state index contributed by atoms with van der Waals surface area (Å²) in [5, 5.41) is 3.94. The Labute approximate surface area is 175 Å². The Morgan fingerprint density at radius 3 is 2.53 bits per heavy atom. The molecule has 3 aromatic carbocycles. The van der Waals surface area contributed by atoms with Gasteiger partial charge >= 0.3 is 0 Å². The summed E-state index contributed by atoms with van der Waals surface area (Å²) in [5.74, 6) is -0.131. The Kier molecular flexibility index (Phi) is 6.48. The molecule has 0 aliphatic heterocycles. The number of carbonyl (C=O) groups excluding carboxylic acids is 1. The van der Waals surface area contributed by atoms with Crippen molar-refractivity contribution in [2.24, 2.45) is 5.10 Å². The molecule has 0 aliphatic carbocycles. The molecule has 154 valence electrons. The lowest BCUT2D eigenvalue weighted by Gasteiger charge is -2.12. The van der Waals surface area contributed by atoms with Crippen molar-refractivity contribution in [2.45, 2.75) is 11.8 Å². The van der Waals surface area contributed by atoms with Gasteiger partial charge in [-0.15, -0.1) is 0 Å². The number of hydrazone groups is 1. The molecule has 0 atom stereocenters. The van der Waals surface area contributed by atoms with Crippen molar-refractivity contribution >= 4 is 27.8 Å². The van der Waals surface area contributed by atoms with Gasteiger partial charge in [-0.3, -0.25) is 9.52 Å². The Hall–Kier alpha value is -3.65. The van der Waals surface area contributed by atoms with Gasteiger partial charge < -0.3 is 4.74 Å². The van der Waals surface area contributed by atoms with Crippen molar-refractivity contribution in [3.05, 3.63) is 89.5 Å². The summed E-state index contributed by atoms with van der Waals surface area (Å²) in [5.41, 5.74) is 4.79. The number of aryl methyl sites for hydroxylation is 1. The van der Waals surface area contributed by atoms with Crippen molar-refractivity contribution in [3.63, 3.8) is 0 Å². The third-order valence-electron chi connectivity index (χ3n) is 4.18. The van der Waals surface area contributed by atoms with Crippen LogP contribution in [-0.4, -0.2) is 27.6 Å². The Morgan fingerprint density at radius 2 is 1.77 bits per heavy atom. The van der Waals surface area contributed by atoms with Gasteiger partial charge in [-0.05, 0) is 42.8 Å². The largest absolute Gasteiger partial charge is 0.495 e. The van der Waals surface area contributed by atoms with Crippen LogP contribution in [0.1, 0.15) is 21.5 Å². The molecule has 0 spiro atoms. The average molecular weight is 423 g/mol. The van der Waals surface area contributed by atoms with Gasteiger partial charge in [0.25, 0.3) is 15.9 Å². The standard InChI is InChI=1S/C22H21N3O4S/c1-16-7-5-8-17(13-16)15-23-24-22(26)18-9-6-10-19(14-18)30(27,28)25-20-11-3-4-12-21(20)29-2/h3-15,25H,1-2H3,(H,24,26)/b23-15+. The van der Waals surface area contributed by atoms with E-state index < -0.39 is 15.9 Å². The number of para-hydroxylation sites is 2. The maximum atomic E-state index is 12.7. The van der Waals surface area contributed by atoms with Gasteiger partial charge in [-0.2, -0.15) is 5.10 Å². The third-order valence-corrected chi connectivity index (χ3v) is 5.54. The molecule has 0 saturated heterocycles. The third kappa shape index (κ3) is 5.24. The van der Waals surface area contributed by atoms with Crippen LogP contribution in [0.25, 0.3) is 0 Å². The van der Waals surface area contributed by atoms with E-state index in [1.807, 2.05) is 31.2 Å². The highest BCUT2D eigenvalue weighted by molar-refractivity contribution is 7.92. The van der Waals surface area contributed by atoms with E-state index >= 15 is 0 Å². The maximum Gasteiger partial charge on any atom is 0.271 e. The first-order valence-corrected chi connectivity index (χ1v) is 10.5. The number of ether oxygens (including phenoxy) is 1. The maximum absolute atomic E-state index is 12.7. The van der Waals surface area contributed by atoms with Crippen LogP contribution in [0.3, 0.4) is 0 Å². The lowest BCUT2D eigenvalue weighted by molar-refractivity contribution is 0.0955. The number of nitrogens with zero attached hydrogens (tertiary/aromatic N) is 1. The first-order valence-electron chi connectivity index (χ1n) is 9.05. The number of hydrogen-bond acceptors (Lipinski definition) is 5. The summed E-state index contributed by atoms with van der Waals surface area (Å²) >= 11 is 0. The zero-order valence-electron chi connectivity index (χ0n) is 16.5. The molecule has 30 heavy (non-hydrogen) atoms. The predicted octanol–water partition coefficient (Wildman–Crippen LogP) is 3.57. The lowest BCUT2D eigenvalue weighted by atomic mass is 10.2. The second kappa shape index (κ2) is 9.23. The second-order valence-corrected chi connectivity index (χ2v) is 8.13. The number of anilines is 1. The molecule has 7 nitrogen and oxygen atoms in total. The first kappa shape index (κ1) is 21.1. The quantitative estimate of drug-likeness (QED) is 0.448. The highest BCUT2D eigenvalue weighted by atomic mass is 32.2. The van der Waals surface area contributed by atoms with E-state index in [4.69, 9.17) is 4.74 Å². The highest BCUT2D eigenvalue weighted by Crippen LogP contribution is 2.26.